The van der Waals surface area contributed by atoms with Crippen molar-refractivity contribution in [2.45, 2.75) is 19.4 Å². The Labute approximate surface area is 158 Å². The molecule has 0 saturated carbocycles. The summed E-state index contributed by atoms with van der Waals surface area (Å²) in [5.41, 5.74) is 2.51. The van der Waals surface area contributed by atoms with Gasteiger partial charge in [-0.05, 0) is 43.3 Å². The average Bonchev–Trinajstić information content (AvgIpc) is 3.03. The Kier molecular flexibility index (Phi) is 5.91. The predicted molar refractivity (Wildman–Crippen MR) is 104 cm³/mol. The number of benzene rings is 2. The van der Waals surface area contributed by atoms with Crippen LogP contribution in [0.15, 0.2) is 48.5 Å². The highest BCUT2D eigenvalue weighted by Crippen LogP contribution is 2.24. The molecule has 26 heavy (non-hydrogen) atoms. The lowest BCUT2D eigenvalue weighted by Crippen LogP contribution is -2.30. The lowest BCUT2D eigenvalue weighted by atomic mass is 10.2. The number of carbonyl (C=O) groups is 2. The number of rotatable bonds is 6. The lowest BCUT2D eigenvalue weighted by molar-refractivity contribution is -0.117. The molecule has 0 spiro atoms. The summed E-state index contributed by atoms with van der Waals surface area (Å²) in [7, 11) is 1.88. The molecule has 2 amide bonds. The topological polar surface area (TPSA) is 52.7 Å². The van der Waals surface area contributed by atoms with Crippen LogP contribution in [0.5, 0.6) is 0 Å². The molecule has 0 unspecified atom stereocenters. The monoisotopic (exact) mass is 371 g/mol. The van der Waals surface area contributed by atoms with E-state index in [-0.39, 0.29) is 18.4 Å². The van der Waals surface area contributed by atoms with E-state index in [4.69, 9.17) is 11.6 Å². The fourth-order valence-electron chi connectivity index (χ4n) is 3.09. The fraction of sp³-hybridized carbons (Fsp3) is 0.300. The van der Waals surface area contributed by atoms with E-state index >= 15 is 0 Å². The zero-order valence-electron chi connectivity index (χ0n) is 14.7. The lowest BCUT2D eigenvalue weighted by Gasteiger charge is -2.19. The Balaban J connectivity index is 1.58. The third-order valence-electron chi connectivity index (χ3n) is 4.33. The summed E-state index contributed by atoms with van der Waals surface area (Å²) in [6.07, 6.45) is 1.46. The van der Waals surface area contributed by atoms with Crippen LogP contribution in [0.25, 0.3) is 0 Å². The molecule has 1 saturated heterocycles. The van der Waals surface area contributed by atoms with E-state index in [0.717, 1.165) is 24.2 Å². The first-order valence-electron chi connectivity index (χ1n) is 8.65. The van der Waals surface area contributed by atoms with Gasteiger partial charge in [-0.25, -0.2) is 0 Å². The van der Waals surface area contributed by atoms with Crippen LogP contribution in [0.2, 0.25) is 5.02 Å². The normalized spacial score (nSPS) is 14.1. The number of hydrogen-bond acceptors (Lipinski definition) is 3. The van der Waals surface area contributed by atoms with E-state index in [1.807, 2.05) is 60.5 Å². The molecule has 1 fully saturated rings. The molecule has 2 aromatic carbocycles. The molecule has 136 valence electrons. The van der Waals surface area contributed by atoms with Gasteiger partial charge in [0.05, 0.1) is 6.54 Å². The van der Waals surface area contributed by atoms with Gasteiger partial charge in [-0.15, -0.1) is 0 Å². The van der Waals surface area contributed by atoms with E-state index in [2.05, 4.69) is 5.32 Å². The number of nitrogens with one attached hydrogen (secondary N) is 1. The maximum absolute atomic E-state index is 12.3. The third kappa shape index (κ3) is 4.62. The van der Waals surface area contributed by atoms with Crippen LogP contribution in [0.1, 0.15) is 18.4 Å². The summed E-state index contributed by atoms with van der Waals surface area (Å²) in [6.45, 7) is 1.57. The molecule has 3 rings (SSSR count). The third-order valence-corrected chi connectivity index (χ3v) is 4.70. The maximum atomic E-state index is 12.3. The molecule has 0 radical (unpaired) electrons. The predicted octanol–water partition coefficient (Wildman–Crippen LogP) is 3.54. The molecular formula is C20H22ClN3O2. The number of anilines is 2. The van der Waals surface area contributed by atoms with E-state index in [0.29, 0.717) is 23.7 Å². The van der Waals surface area contributed by atoms with Crippen molar-refractivity contribution in [2.75, 3.05) is 30.4 Å². The fourth-order valence-corrected chi connectivity index (χ4v) is 3.29. The zero-order valence-corrected chi connectivity index (χ0v) is 15.5. The van der Waals surface area contributed by atoms with Crippen molar-refractivity contribution < 1.29 is 9.59 Å². The molecular weight excluding hydrogens is 350 g/mol. The number of amides is 2. The van der Waals surface area contributed by atoms with Gasteiger partial charge in [0.15, 0.2) is 0 Å². The van der Waals surface area contributed by atoms with Crippen LogP contribution in [0.4, 0.5) is 11.4 Å². The van der Waals surface area contributed by atoms with E-state index in [9.17, 15) is 9.59 Å². The first kappa shape index (κ1) is 18.4. The maximum Gasteiger partial charge on any atom is 0.238 e. The highest BCUT2D eigenvalue weighted by Gasteiger charge is 2.21. The molecule has 0 bridgehead atoms. The van der Waals surface area contributed by atoms with E-state index in [1.54, 1.807) is 4.90 Å². The number of nitrogens with zero attached hydrogens (tertiary/aromatic N) is 2. The Morgan fingerprint density at radius 2 is 2.04 bits per heavy atom. The minimum Gasteiger partial charge on any atom is -0.325 e. The van der Waals surface area contributed by atoms with Crippen LogP contribution in [-0.4, -0.2) is 36.9 Å². The van der Waals surface area contributed by atoms with Crippen molar-refractivity contribution in [3.63, 3.8) is 0 Å². The summed E-state index contributed by atoms with van der Waals surface area (Å²) < 4.78 is 0. The van der Waals surface area contributed by atoms with Crippen molar-refractivity contribution in [2.24, 2.45) is 0 Å². The minimum atomic E-state index is -0.107. The second kappa shape index (κ2) is 8.34. The first-order chi connectivity index (χ1) is 12.5. The molecule has 1 aliphatic rings. The molecule has 1 aliphatic heterocycles. The van der Waals surface area contributed by atoms with Crippen LogP contribution >= 0.6 is 11.6 Å². The Morgan fingerprint density at radius 3 is 2.77 bits per heavy atom. The molecule has 0 aliphatic carbocycles. The van der Waals surface area contributed by atoms with Gasteiger partial charge in [0, 0.05) is 35.9 Å². The quantitative estimate of drug-likeness (QED) is 0.845. The highest BCUT2D eigenvalue weighted by atomic mass is 35.5. The van der Waals surface area contributed by atoms with Gasteiger partial charge in [-0.2, -0.15) is 0 Å². The van der Waals surface area contributed by atoms with Crippen LogP contribution < -0.4 is 10.2 Å². The Hall–Kier alpha value is -2.37. The minimum absolute atomic E-state index is 0.107. The number of likely N-dealkylation sites (N-methyl/N-ethyl adjacent to an activating group) is 1. The van der Waals surface area contributed by atoms with Crippen LogP contribution in [0, 0.1) is 0 Å². The number of halogens is 1. The van der Waals surface area contributed by atoms with Gasteiger partial charge < -0.3 is 10.2 Å². The average molecular weight is 372 g/mol. The van der Waals surface area contributed by atoms with E-state index in [1.165, 1.54) is 0 Å². The summed E-state index contributed by atoms with van der Waals surface area (Å²) in [5.74, 6) is 0.0254. The van der Waals surface area contributed by atoms with Crippen LogP contribution in [0.3, 0.4) is 0 Å². The SMILES string of the molecule is CN(CC(=O)Nc1cccc(N2CCCC2=O)c1)Cc1ccccc1Cl. The summed E-state index contributed by atoms with van der Waals surface area (Å²) >= 11 is 6.17. The number of carbonyl (C=O) groups excluding carboxylic acids is 2. The van der Waals surface area contributed by atoms with Crippen molar-refractivity contribution in [1.29, 1.82) is 0 Å². The van der Waals surface area contributed by atoms with Gasteiger partial charge in [0.1, 0.15) is 0 Å². The van der Waals surface area contributed by atoms with Gasteiger partial charge in [-0.1, -0.05) is 35.9 Å². The number of hydrogen-bond donors (Lipinski definition) is 1. The standard InChI is InChI=1S/C20H22ClN3O2/c1-23(13-15-6-2-3-9-18(15)21)14-19(25)22-16-7-4-8-17(12-16)24-11-5-10-20(24)26/h2-4,6-9,12H,5,10-11,13-14H2,1H3,(H,22,25). The zero-order chi connectivity index (χ0) is 18.5. The van der Waals surface area contributed by atoms with Crippen molar-refractivity contribution in [3.05, 3.63) is 59.1 Å². The molecule has 1 N–H and O–H groups in total. The molecule has 1 heterocycles. The summed E-state index contributed by atoms with van der Waals surface area (Å²) in [6, 6.07) is 15.0. The molecule has 6 heteroatoms. The Bertz CT molecular complexity index is 809. The Morgan fingerprint density at radius 1 is 1.23 bits per heavy atom. The van der Waals surface area contributed by atoms with Gasteiger partial charge in [-0.3, -0.25) is 14.5 Å². The largest absolute Gasteiger partial charge is 0.325 e. The van der Waals surface area contributed by atoms with Gasteiger partial charge in [0.25, 0.3) is 0 Å². The van der Waals surface area contributed by atoms with Crippen molar-refractivity contribution in [3.8, 4) is 0 Å². The summed E-state index contributed by atoms with van der Waals surface area (Å²) in [4.78, 5) is 27.9. The second-order valence-electron chi connectivity index (χ2n) is 6.51. The van der Waals surface area contributed by atoms with Crippen molar-refractivity contribution >= 4 is 34.8 Å². The van der Waals surface area contributed by atoms with Crippen LogP contribution in [-0.2, 0) is 16.1 Å². The molecule has 0 aromatic heterocycles. The molecule has 0 atom stereocenters. The van der Waals surface area contributed by atoms with E-state index < -0.39 is 0 Å². The smallest absolute Gasteiger partial charge is 0.238 e. The molecule has 2 aromatic rings. The van der Waals surface area contributed by atoms with Crippen molar-refractivity contribution in [1.82, 2.24) is 4.90 Å². The molecule has 5 nitrogen and oxygen atoms in total. The second-order valence-corrected chi connectivity index (χ2v) is 6.92. The highest BCUT2D eigenvalue weighted by molar-refractivity contribution is 6.31. The van der Waals surface area contributed by atoms with Gasteiger partial charge in [0.2, 0.25) is 11.8 Å². The summed E-state index contributed by atoms with van der Waals surface area (Å²) in [5, 5.41) is 3.60. The first-order valence-corrected chi connectivity index (χ1v) is 9.03. The van der Waals surface area contributed by atoms with Gasteiger partial charge >= 0.3 is 0 Å².